The number of H-pyrrole nitrogens is 1. The first kappa shape index (κ1) is 21.8. The van der Waals surface area contributed by atoms with Crippen molar-refractivity contribution in [1.29, 1.82) is 0 Å². The number of nitrogens with one attached hydrogen (secondary N) is 1. The van der Waals surface area contributed by atoms with Crippen LogP contribution in [0.3, 0.4) is 0 Å². The van der Waals surface area contributed by atoms with Gasteiger partial charge >= 0.3 is 0 Å². The Morgan fingerprint density at radius 2 is 1.65 bits per heavy atom. The van der Waals surface area contributed by atoms with Crippen LogP contribution in [0.25, 0.3) is 11.3 Å². The van der Waals surface area contributed by atoms with Crippen molar-refractivity contribution in [3.8, 4) is 11.3 Å². The lowest BCUT2D eigenvalue weighted by Crippen LogP contribution is -2.43. The summed E-state index contributed by atoms with van der Waals surface area (Å²) >= 11 is 0. The lowest BCUT2D eigenvalue weighted by Gasteiger charge is -2.41. The maximum Gasteiger partial charge on any atom is 0.0923 e. The molecule has 3 aromatic rings. The first-order valence-corrected chi connectivity index (χ1v) is 12.2. The van der Waals surface area contributed by atoms with Crippen LogP contribution in [0, 0.1) is 0 Å². The standard InChI is InChI=1S/C28H37N3/c1-3-5-6-10-19-31-20-17-28(18-21-31,25-11-8-7-9-12-25)27-22-26(29-30-27)24-15-13-23(4-2)14-16-24/h7-9,11-16,22H,3-6,10,17-21H2,1-2H3,(H,29,30). The minimum absolute atomic E-state index is 0.0236. The lowest BCUT2D eigenvalue weighted by atomic mass is 9.70. The summed E-state index contributed by atoms with van der Waals surface area (Å²) in [6, 6.07) is 22.2. The van der Waals surface area contributed by atoms with Crippen molar-refractivity contribution in [1.82, 2.24) is 15.1 Å². The molecule has 0 aliphatic carbocycles. The van der Waals surface area contributed by atoms with Crippen molar-refractivity contribution in [3.05, 3.63) is 77.5 Å². The van der Waals surface area contributed by atoms with E-state index in [1.54, 1.807) is 0 Å². The van der Waals surface area contributed by atoms with E-state index in [-0.39, 0.29) is 5.41 Å². The SMILES string of the molecule is CCCCCCN1CCC(c2ccccc2)(c2cc(-c3ccc(CC)cc3)n[nH]2)CC1. The Bertz CT molecular complexity index is 918. The zero-order valence-corrected chi connectivity index (χ0v) is 19.2. The molecule has 2 aromatic carbocycles. The van der Waals surface area contributed by atoms with Crippen molar-refractivity contribution < 1.29 is 0 Å². The lowest BCUT2D eigenvalue weighted by molar-refractivity contribution is 0.174. The molecule has 31 heavy (non-hydrogen) atoms. The van der Waals surface area contributed by atoms with Crippen LogP contribution in [-0.2, 0) is 11.8 Å². The molecule has 3 nitrogen and oxygen atoms in total. The predicted molar refractivity (Wildman–Crippen MR) is 130 cm³/mol. The second-order valence-electron chi connectivity index (χ2n) is 9.07. The number of hydrogen-bond acceptors (Lipinski definition) is 2. The summed E-state index contributed by atoms with van der Waals surface area (Å²) in [5.74, 6) is 0. The normalized spacial score (nSPS) is 16.5. The molecule has 1 aliphatic rings. The smallest absolute Gasteiger partial charge is 0.0923 e. The Balaban J connectivity index is 1.55. The number of hydrogen-bond donors (Lipinski definition) is 1. The summed E-state index contributed by atoms with van der Waals surface area (Å²) in [5.41, 5.74) is 6.31. The quantitative estimate of drug-likeness (QED) is 0.399. The number of nitrogens with zero attached hydrogens (tertiary/aromatic N) is 2. The van der Waals surface area contributed by atoms with Gasteiger partial charge in [0.25, 0.3) is 0 Å². The number of rotatable bonds is 9. The van der Waals surface area contributed by atoms with E-state index in [1.807, 2.05) is 0 Å². The van der Waals surface area contributed by atoms with Crippen molar-refractivity contribution in [3.63, 3.8) is 0 Å². The Labute approximate surface area is 187 Å². The van der Waals surface area contributed by atoms with Crippen molar-refractivity contribution >= 4 is 0 Å². The number of benzene rings is 2. The third kappa shape index (κ3) is 4.93. The molecular formula is C28H37N3. The van der Waals surface area contributed by atoms with E-state index in [9.17, 15) is 0 Å². The molecule has 164 valence electrons. The van der Waals surface area contributed by atoms with E-state index in [1.165, 1.54) is 54.6 Å². The molecular weight excluding hydrogens is 378 g/mol. The Morgan fingerprint density at radius 3 is 2.32 bits per heavy atom. The number of piperidine rings is 1. The third-order valence-corrected chi connectivity index (χ3v) is 7.12. The fourth-order valence-electron chi connectivity index (χ4n) is 5.02. The van der Waals surface area contributed by atoms with Gasteiger partial charge < -0.3 is 4.90 Å². The van der Waals surface area contributed by atoms with E-state index < -0.39 is 0 Å². The molecule has 1 fully saturated rings. The van der Waals surface area contributed by atoms with Crippen molar-refractivity contribution in [2.45, 2.75) is 64.2 Å². The van der Waals surface area contributed by atoms with E-state index in [0.717, 1.165) is 38.0 Å². The molecule has 0 saturated carbocycles. The number of aromatic amines is 1. The van der Waals surface area contributed by atoms with Crippen LogP contribution >= 0.6 is 0 Å². The number of unbranched alkanes of at least 4 members (excludes halogenated alkanes) is 3. The van der Waals surface area contributed by atoms with Gasteiger partial charge in [0.15, 0.2) is 0 Å². The molecule has 0 bridgehead atoms. The highest BCUT2D eigenvalue weighted by Crippen LogP contribution is 2.41. The van der Waals surface area contributed by atoms with Gasteiger partial charge in [-0.3, -0.25) is 5.10 Å². The second-order valence-corrected chi connectivity index (χ2v) is 9.07. The summed E-state index contributed by atoms with van der Waals surface area (Å²) in [7, 11) is 0. The molecule has 1 aliphatic heterocycles. The van der Waals surface area contributed by atoms with Gasteiger partial charge in [-0.05, 0) is 62.5 Å². The highest BCUT2D eigenvalue weighted by molar-refractivity contribution is 5.60. The van der Waals surface area contributed by atoms with E-state index in [2.05, 4.69) is 84.5 Å². The summed E-state index contributed by atoms with van der Waals surface area (Å²) in [6.07, 6.45) is 8.70. The molecule has 0 spiro atoms. The maximum atomic E-state index is 4.74. The molecule has 4 rings (SSSR count). The highest BCUT2D eigenvalue weighted by Gasteiger charge is 2.39. The molecule has 0 amide bonds. The van der Waals surface area contributed by atoms with Gasteiger partial charge in [-0.15, -0.1) is 0 Å². The van der Waals surface area contributed by atoms with Crippen LogP contribution < -0.4 is 0 Å². The van der Waals surface area contributed by atoms with Gasteiger partial charge in [0.05, 0.1) is 5.69 Å². The Morgan fingerprint density at radius 1 is 0.903 bits per heavy atom. The summed E-state index contributed by atoms with van der Waals surface area (Å²) in [5, 5.41) is 8.19. The maximum absolute atomic E-state index is 4.74. The first-order valence-electron chi connectivity index (χ1n) is 12.2. The summed E-state index contributed by atoms with van der Waals surface area (Å²) < 4.78 is 0. The van der Waals surface area contributed by atoms with Crippen LogP contribution in [0.5, 0.6) is 0 Å². The predicted octanol–water partition coefficient (Wildman–Crippen LogP) is 6.60. The first-order chi connectivity index (χ1) is 15.2. The number of aromatic nitrogens is 2. The summed E-state index contributed by atoms with van der Waals surface area (Å²) in [6.45, 7) is 8.03. The Kier molecular flexibility index (Phi) is 7.24. The molecule has 2 heterocycles. The van der Waals surface area contributed by atoms with Crippen LogP contribution in [-0.4, -0.2) is 34.7 Å². The summed E-state index contributed by atoms with van der Waals surface area (Å²) in [4.78, 5) is 2.66. The van der Waals surface area contributed by atoms with Gasteiger partial charge in [-0.2, -0.15) is 5.10 Å². The average Bonchev–Trinajstić information content (AvgIpc) is 3.34. The molecule has 0 radical (unpaired) electrons. The average molecular weight is 416 g/mol. The molecule has 1 N–H and O–H groups in total. The minimum Gasteiger partial charge on any atom is -0.303 e. The molecule has 1 aromatic heterocycles. The van der Waals surface area contributed by atoms with Gasteiger partial charge in [-0.1, -0.05) is 87.7 Å². The van der Waals surface area contributed by atoms with Gasteiger partial charge in [0.1, 0.15) is 0 Å². The van der Waals surface area contributed by atoms with Crippen LogP contribution in [0.4, 0.5) is 0 Å². The van der Waals surface area contributed by atoms with Gasteiger partial charge in [-0.25, -0.2) is 0 Å². The van der Waals surface area contributed by atoms with Crippen LogP contribution in [0.1, 0.15) is 69.2 Å². The topological polar surface area (TPSA) is 31.9 Å². The fraction of sp³-hybridized carbons (Fsp3) is 0.464. The van der Waals surface area contributed by atoms with Crippen molar-refractivity contribution in [2.24, 2.45) is 0 Å². The monoisotopic (exact) mass is 415 g/mol. The molecule has 0 unspecified atom stereocenters. The molecule has 1 saturated heterocycles. The van der Waals surface area contributed by atoms with Crippen LogP contribution in [0.2, 0.25) is 0 Å². The van der Waals surface area contributed by atoms with Crippen molar-refractivity contribution in [2.75, 3.05) is 19.6 Å². The number of aryl methyl sites for hydroxylation is 1. The Hall–Kier alpha value is -2.39. The van der Waals surface area contributed by atoms with Gasteiger partial charge in [0.2, 0.25) is 0 Å². The highest BCUT2D eigenvalue weighted by atomic mass is 15.2. The zero-order chi connectivity index (χ0) is 21.5. The van der Waals surface area contributed by atoms with E-state index in [4.69, 9.17) is 5.10 Å². The molecule has 0 atom stereocenters. The number of likely N-dealkylation sites (tertiary alicyclic amines) is 1. The van der Waals surface area contributed by atoms with E-state index in [0.29, 0.717) is 0 Å². The minimum atomic E-state index is 0.0236. The largest absolute Gasteiger partial charge is 0.303 e. The van der Waals surface area contributed by atoms with E-state index >= 15 is 0 Å². The molecule has 3 heteroatoms. The second kappa shape index (κ2) is 10.3. The fourth-order valence-corrected chi connectivity index (χ4v) is 5.02. The zero-order valence-electron chi connectivity index (χ0n) is 19.2. The third-order valence-electron chi connectivity index (χ3n) is 7.12. The van der Waals surface area contributed by atoms with Gasteiger partial charge in [0, 0.05) is 16.7 Å². The van der Waals surface area contributed by atoms with Crippen LogP contribution in [0.15, 0.2) is 60.7 Å².